The molecule has 0 aliphatic carbocycles. The molecule has 0 fully saturated rings. The lowest BCUT2D eigenvalue weighted by Gasteiger charge is -2.23. The van der Waals surface area contributed by atoms with Gasteiger partial charge in [-0.25, -0.2) is 0 Å². The SMILES string of the molecule is CC(C)CNCCC(C)(O)Cc1ccc(Br)cn1. The largest absolute Gasteiger partial charge is 0.390 e. The molecule has 1 heterocycles. The lowest BCUT2D eigenvalue weighted by molar-refractivity contribution is 0.0504. The third-order valence-electron chi connectivity index (χ3n) is 2.74. The summed E-state index contributed by atoms with van der Waals surface area (Å²) in [5, 5.41) is 13.7. The Morgan fingerprint density at radius 2 is 2.17 bits per heavy atom. The summed E-state index contributed by atoms with van der Waals surface area (Å²) in [6.45, 7) is 8.05. The number of aliphatic hydroxyl groups is 1. The predicted molar refractivity (Wildman–Crippen MR) is 78.6 cm³/mol. The maximum Gasteiger partial charge on any atom is 0.0687 e. The summed E-state index contributed by atoms with van der Waals surface area (Å²) in [6.07, 6.45) is 3.09. The van der Waals surface area contributed by atoms with Crippen molar-refractivity contribution in [2.45, 2.75) is 39.2 Å². The van der Waals surface area contributed by atoms with Crippen molar-refractivity contribution in [3.63, 3.8) is 0 Å². The van der Waals surface area contributed by atoms with Gasteiger partial charge >= 0.3 is 0 Å². The Hall–Kier alpha value is -0.450. The molecule has 0 aliphatic rings. The number of hydrogen-bond acceptors (Lipinski definition) is 3. The molecule has 0 aliphatic heterocycles. The van der Waals surface area contributed by atoms with Crippen LogP contribution in [-0.4, -0.2) is 28.8 Å². The number of hydrogen-bond donors (Lipinski definition) is 2. The van der Waals surface area contributed by atoms with Crippen LogP contribution < -0.4 is 5.32 Å². The van der Waals surface area contributed by atoms with Crippen LogP contribution in [0.3, 0.4) is 0 Å². The lowest BCUT2D eigenvalue weighted by atomic mass is 9.96. The average molecular weight is 315 g/mol. The summed E-state index contributed by atoms with van der Waals surface area (Å²) in [4.78, 5) is 4.29. The van der Waals surface area contributed by atoms with Gasteiger partial charge in [-0.05, 0) is 60.4 Å². The van der Waals surface area contributed by atoms with E-state index >= 15 is 0 Å². The van der Waals surface area contributed by atoms with Crippen molar-refractivity contribution in [3.8, 4) is 0 Å². The van der Waals surface area contributed by atoms with Crippen LogP contribution in [0.1, 0.15) is 32.9 Å². The number of halogens is 1. The molecule has 0 aromatic carbocycles. The molecule has 1 atom stereocenters. The van der Waals surface area contributed by atoms with Gasteiger partial charge in [-0.3, -0.25) is 4.98 Å². The molecule has 2 N–H and O–H groups in total. The molecule has 18 heavy (non-hydrogen) atoms. The third-order valence-corrected chi connectivity index (χ3v) is 3.21. The normalized spacial score (nSPS) is 14.8. The number of nitrogens with zero attached hydrogens (tertiary/aromatic N) is 1. The van der Waals surface area contributed by atoms with Crippen molar-refractivity contribution in [3.05, 3.63) is 28.5 Å². The monoisotopic (exact) mass is 314 g/mol. The first-order valence-corrected chi connectivity index (χ1v) is 7.22. The van der Waals surface area contributed by atoms with Crippen LogP contribution in [0.25, 0.3) is 0 Å². The van der Waals surface area contributed by atoms with Crippen molar-refractivity contribution in [2.75, 3.05) is 13.1 Å². The quantitative estimate of drug-likeness (QED) is 0.761. The average Bonchev–Trinajstić information content (AvgIpc) is 2.27. The maximum atomic E-state index is 10.3. The summed E-state index contributed by atoms with van der Waals surface area (Å²) in [5.41, 5.74) is 0.220. The fourth-order valence-corrected chi connectivity index (χ4v) is 1.97. The van der Waals surface area contributed by atoms with E-state index in [1.54, 1.807) is 6.20 Å². The van der Waals surface area contributed by atoms with Gasteiger partial charge in [0.1, 0.15) is 0 Å². The molecule has 0 spiro atoms. The van der Waals surface area contributed by atoms with Gasteiger partial charge in [0.25, 0.3) is 0 Å². The number of rotatable bonds is 7. The fraction of sp³-hybridized carbons (Fsp3) is 0.643. The third kappa shape index (κ3) is 6.47. The van der Waals surface area contributed by atoms with Crippen LogP contribution in [0.2, 0.25) is 0 Å². The highest BCUT2D eigenvalue weighted by atomic mass is 79.9. The van der Waals surface area contributed by atoms with E-state index in [1.807, 2.05) is 19.1 Å². The van der Waals surface area contributed by atoms with Crippen LogP contribution in [0, 0.1) is 5.92 Å². The summed E-state index contributed by atoms with van der Waals surface area (Å²) in [7, 11) is 0. The van der Waals surface area contributed by atoms with E-state index in [2.05, 4.69) is 40.1 Å². The smallest absolute Gasteiger partial charge is 0.0687 e. The summed E-state index contributed by atoms with van der Waals surface area (Å²) in [6, 6.07) is 3.90. The van der Waals surface area contributed by atoms with E-state index in [0.29, 0.717) is 12.3 Å². The maximum absolute atomic E-state index is 10.3. The van der Waals surface area contributed by atoms with Crippen LogP contribution in [0.15, 0.2) is 22.8 Å². The zero-order valence-corrected chi connectivity index (χ0v) is 13.0. The second kappa shape index (κ2) is 7.22. The molecule has 1 unspecified atom stereocenters. The van der Waals surface area contributed by atoms with Crippen LogP contribution >= 0.6 is 15.9 Å². The standard InChI is InChI=1S/C14H23BrN2O/c1-11(2)9-16-7-6-14(3,18)8-13-5-4-12(15)10-17-13/h4-5,10-11,16,18H,6-9H2,1-3H3. The Labute approximate surface area is 118 Å². The van der Waals surface area contributed by atoms with Crippen LogP contribution in [0.5, 0.6) is 0 Å². The molecule has 1 rings (SSSR count). The molecular weight excluding hydrogens is 292 g/mol. The fourth-order valence-electron chi connectivity index (χ4n) is 1.74. The van der Waals surface area contributed by atoms with E-state index in [-0.39, 0.29) is 0 Å². The van der Waals surface area contributed by atoms with E-state index in [0.717, 1.165) is 29.7 Å². The zero-order chi connectivity index (χ0) is 13.6. The van der Waals surface area contributed by atoms with Gasteiger partial charge in [-0.1, -0.05) is 13.8 Å². The Balaban J connectivity index is 2.36. The zero-order valence-electron chi connectivity index (χ0n) is 11.4. The minimum absolute atomic E-state index is 0.587. The van der Waals surface area contributed by atoms with E-state index in [1.165, 1.54) is 0 Å². The number of aromatic nitrogens is 1. The van der Waals surface area contributed by atoms with E-state index in [4.69, 9.17) is 0 Å². The molecule has 4 heteroatoms. The summed E-state index contributed by atoms with van der Waals surface area (Å²) in [5.74, 6) is 0.642. The lowest BCUT2D eigenvalue weighted by Crippen LogP contribution is -2.33. The summed E-state index contributed by atoms with van der Waals surface area (Å²) < 4.78 is 0.962. The Morgan fingerprint density at radius 1 is 1.44 bits per heavy atom. The van der Waals surface area contributed by atoms with Gasteiger partial charge in [0, 0.05) is 22.8 Å². The van der Waals surface area contributed by atoms with Gasteiger partial charge in [-0.15, -0.1) is 0 Å². The second-order valence-corrected chi connectivity index (χ2v) is 6.41. The van der Waals surface area contributed by atoms with Crippen molar-refractivity contribution in [1.82, 2.24) is 10.3 Å². The van der Waals surface area contributed by atoms with Crippen LogP contribution in [0.4, 0.5) is 0 Å². The highest BCUT2D eigenvalue weighted by Gasteiger charge is 2.21. The molecule has 1 aromatic heterocycles. The van der Waals surface area contributed by atoms with Gasteiger partial charge in [0.05, 0.1) is 5.60 Å². The topological polar surface area (TPSA) is 45.1 Å². The van der Waals surface area contributed by atoms with Gasteiger partial charge in [-0.2, -0.15) is 0 Å². The van der Waals surface area contributed by atoms with Gasteiger partial charge in [0.15, 0.2) is 0 Å². The molecule has 0 saturated heterocycles. The summed E-state index contributed by atoms with van der Waals surface area (Å²) >= 11 is 3.35. The van der Waals surface area contributed by atoms with Crippen molar-refractivity contribution >= 4 is 15.9 Å². The van der Waals surface area contributed by atoms with Crippen molar-refractivity contribution in [2.24, 2.45) is 5.92 Å². The number of nitrogens with one attached hydrogen (secondary N) is 1. The molecular formula is C14H23BrN2O. The van der Waals surface area contributed by atoms with E-state index in [9.17, 15) is 5.11 Å². The van der Waals surface area contributed by atoms with Gasteiger partial charge in [0.2, 0.25) is 0 Å². The highest BCUT2D eigenvalue weighted by Crippen LogP contribution is 2.16. The van der Waals surface area contributed by atoms with E-state index < -0.39 is 5.60 Å². The minimum atomic E-state index is -0.704. The van der Waals surface area contributed by atoms with Gasteiger partial charge < -0.3 is 10.4 Å². The van der Waals surface area contributed by atoms with Crippen LogP contribution in [-0.2, 0) is 6.42 Å². The highest BCUT2D eigenvalue weighted by molar-refractivity contribution is 9.10. The van der Waals surface area contributed by atoms with Crippen molar-refractivity contribution in [1.29, 1.82) is 0 Å². The molecule has 0 amide bonds. The second-order valence-electron chi connectivity index (χ2n) is 5.49. The Morgan fingerprint density at radius 3 is 2.72 bits per heavy atom. The number of pyridine rings is 1. The Bertz CT molecular complexity index is 349. The first-order chi connectivity index (χ1) is 8.39. The first kappa shape index (κ1) is 15.6. The predicted octanol–water partition coefficient (Wildman–Crippen LogP) is 2.77. The molecule has 102 valence electrons. The van der Waals surface area contributed by atoms with Crippen molar-refractivity contribution < 1.29 is 5.11 Å². The molecule has 0 bridgehead atoms. The molecule has 0 saturated carbocycles. The molecule has 3 nitrogen and oxygen atoms in total. The first-order valence-electron chi connectivity index (χ1n) is 6.42. The Kier molecular flexibility index (Phi) is 6.26. The molecule has 1 aromatic rings. The molecule has 0 radical (unpaired) electrons. The minimum Gasteiger partial charge on any atom is -0.390 e.